The van der Waals surface area contributed by atoms with Crippen molar-refractivity contribution < 1.29 is 27.9 Å². The molecule has 0 saturated carbocycles. The molecular formula is C24H17F2N3O5. The highest BCUT2D eigenvalue weighted by Crippen LogP contribution is 2.49. The van der Waals surface area contributed by atoms with Gasteiger partial charge < -0.3 is 25.1 Å². The number of halogens is 2. The molecule has 2 aromatic heterocycles. The van der Waals surface area contributed by atoms with Gasteiger partial charge in [-0.1, -0.05) is 6.07 Å². The molecule has 0 aliphatic carbocycles. The molecule has 8 nitrogen and oxygen atoms in total. The minimum absolute atomic E-state index is 0.0175. The van der Waals surface area contributed by atoms with E-state index in [1.54, 1.807) is 6.07 Å². The standard InChI is InChI=1S/C24H17F2N3O5/c25-15-4-3-11(22(27)30)8-12(15)10-29-17-9-16(26)13-5-7-34-21(13)19(17)18(20(29)24(32)33)14-2-1-6-28-23(14)31/h1-9,18,20H,10H2,(H2,27,30)(H,28,31)(H,32,33). The Morgan fingerprint density at radius 1 is 1.15 bits per heavy atom. The quantitative estimate of drug-likeness (QED) is 0.415. The van der Waals surface area contributed by atoms with Crippen molar-refractivity contribution in [3.8, 4) is 0 Å². The van der Waals surface area contributed by atoms with Gasteiger partial charge in [-0.15, -0.1) is 0 Å². The first-order valence-corrected chi connectivity index (χ1v) is 10.2. The van der Waals surface area contributed by atoms with E-state index in [1.165, 1.54) is 41.6 Å². The van der Waals surface area contributed by atoms with Crippen LogP contribution < -0.4 is 16.2 Å². The molecule has 0 bridgehead atoms. The number of carboxylic acids is 1. The van der Waals surface area contributed by atoms with Gasteiger partial charge in [0, 0.05) is 40.7 Å². The van der Waals surface area contributed by atoms with Gasteiger partial charge in [0.25, 0.3) is 5.56 Å². The van der Waals surface area contributed by atoms with E-state index in [0.717, 1.165) is 12.1 Å². The minimum Gasteiger partial charge on any atom is -0.480 e. The number of hydrogen-bond acceptors (Lipinski definition) is 5. The van der Waals surface area contributed by atoms with Crippen LogP contribution in [0.2, 0.25) is 0 Å². The predicted octanol–water partition coefficient (Wildman–Crippen LogP) is 3.10. The molecule has 2 atom stereocenters. The Hall–Kier alpha value is -4.47. The number of nitrogens with two attached hydrogens (primary N) is 1. The smallest absolute Gasteiger partial charge is 0.327 e. The van der Waals surface area contributed by atoms with Crippen molar-refractivity contribution in [1.29, 1.82) is 0 Å². The highest BCUT2D eigenvalue weighted by atomic mass is 19.1. The number of fused-ring (bicyclic) bond motifs is 3. The monoisotopic (exact) mass is 465 g/mol. The fraction of sp³-hybridized carbons (Fsp3) is 0.125. The van der Waals surface area contributed by atoms with Gasteiger partial charge in [-0.25, -0.2) is 13.6 Å². The number of amides is 1. The maximum absolute atomic E-state index is 14.9. The van der Waals surface area contributed by atoms with Gasteiger partial charge in [-0.3, -0.25) is 9.59 Å². The Kier molecular flexibility index (Phi) is 4.93. The SMILES string of the molecule is NC(=O)c1ccc(F)c(CN2c3cc(F)c4ccoc4c3C(c3ccc[nH]c3=O)C2C(=O)O)c1. The Morgan fingerprint density at radius 3 is 2.65 bits per heavy atom. The van der Waals surface area contributed by atoms with Crippen molar-refractivity contribution >= 4 is 28.5 Å². The number of rotatable bonds is 5. The molecule has 0 fully saturated rings. The number of carbonyl (C=O) groups excluding carboxylic acids is 1. The maximum Gasteiger partial charge on any atom is 0.327 e. The van der Waals surface area contributed by atoms with Crippen LogP contribution in [0.4, 0.5) is 14.5 Å². The molecule has 172 valence electrons. The van der Waals surface area contributed by atoms with Gasteiger partial charge in [-0.05, 0) is 36.4 Å². The minimum atomic E-state index is -1.40. The molecule has 1 aliphatic rings. The number of carbonyl (C=O) groups is 2. The van der Waals surface area contributed by atoms with Gasteiger partial charge in [-0.2, -0.15) is 0 Å². The van der Waals surface area contributed by atoms with E-state index in [9.17, 15) is 28.3 Å². The number of pyridine rings is 1. The zero-order valence-electron chi connectivity index (χ0n) is 17.4. The number of nitrogens with zero attached hydrogens (tertiary/aromatic N) is 1. The molecule has 1 amide bonds. The average molecular weight is 465 g/mol. The third-order valence-corrected chi connectivity index (χ3v) is 6.09. The molecule has 4 N–H and O–H groups in total. The molecule has 10 heteroatoms. The van der Waals surface area contributed by atoms with Crippen LogP contribution in [0.3, 0.4) is 0 Å². The number of primary amides is 1. The Labute approximate surface area is 190 Å². The normalized spacial score (nSPS) is 17.2. The summed E-state index contributed by atoms with van der Waals surface area (Å²) in [6, 6.07) is 7.69. The second-order valence-corrected chi connectivity index (χ2v) is 7.97. The lowest BCUT2D eigenvalue weighted by atomic mass is 9.87. The van der Waals surface area contributed by atoms with Crippen molar-refractivity contribution in [3.05, 3.63) is 99.2 Å². The summed E-state index contributed by atoms with van der Waals surface area (Å²) in [5.74, 6) is -4.50. The second-order valence-electron chi connectivity index (χ2n) is 7.97. The summed E-state index contributed by atoms with van der Waals surface area (Å²) in [6.45, 7) is -0.330. The van der Waals surface area contributed by atoms with E-state index >= 15 is 0 Å². The number of H-pyrrole nitrogens is 1. The number of furan rings is 1. The van der Waals surface area contributed by atoms with Crippen LogP contribution in [-0.2, 0) is 11.3 Å². The zero-order valence-corrected chi connectivity index (χ0v) is 17.4. The van der Waals surface area contributed by atoms with Crippen molar-refractivity contribution in [2.45, 2.75) is 18.5 Å². The summed E-state index contributed by atoms with van der Waals surface area (Å²) < 4.78 is 35.1. The highest BCUT2D eigenvalue weighted by Gasteiger charge is 2.47. The van der Waals surface area contributed by atoms with Gasteiger partial charge in [0.05, 0.1) is 17.6 Å². The van der Waals surface area contributed by atoms with Gasteiger partial charge >= 0.3 is 5.97 Å². The molecule has 0 spiro atoms. The largest absolute Gasteiger partial charge is 0.480 e. The van der Waals surface area contributed by atoms with Crippen LogP contribution in [0.25, 0.3) is 11.0 Å². The van der Waals surface area contributed by atoms with E-state index in [2.05, 4.69) is 4.98 Å². The number of nitrogens with one attached hydrogen (secondary N) is 1. The van der Waals surface area contributed by atoms with E-state index < -0.39 is 41.0 Å². The lowest BCUT2D eigenvalue weighted by Crippen LogP contribution is -2.42. The molecular weight excluding hydrogens is 448 g/mol. The van der Waals surface area contributed by atoms with Crippen LogP contribution in [0.1, 0.15) is 33.0 Å². The highest BCUT2D eigenvalue weighted by molar-refractivity contribution is 5.95. The van der Waals surface area contributed by atoms with Gasteiger partial charge in [0.1, 0.15) is 23.3 Å². The lowest BCUT2D eigenvalue weighted by Gasteiger charge is -2.27. The predicted molar refractivity (Wildman–Crippen MR) is 118 cm³/mol. The number of aromatic amines is 1. The van der Waals surface area contributed by atoms with Crippen molar-refractivity contribution in [1.82, 2.24) is 4.98 Å². The first-order valence-electron chi connectivity index (χ1n) is 10.2. The van der Waals surface area contributed by atoms with Crippen LogP contribution >= 0.6 is 0 Å². The van der Waals surface area contributed by atoms with Gasteiger partial charge in [0.15, 0.2) is 0 Å². The molecule has 3 heterocycles. The molecule has 5 rings (SSSR count). The molecule has 1 aliphatic heterocycles. The number of benzene rings is 2. The number of aliphatic carboxylic acids is 1. The second kappa shape index (κ2) is 7.84. The fourth-order valence-corrected chi connectivity index (χ4v) is 4.62. The Balaban J connectivity index is 1.77. The first kappa shape index (κ1) is 21.4. The summed E-state index contributed by atoms with van der Waals surface area (Å²) >= 11 is 0. The van der Waals surface area contributed by atoms with Crippen LogP contribution in [-0.4, -0.2) is 28.0 Å². The number of aromatic nitrogens is 1. The summed E-state index contributed by atoms with van der Waals surface area (Å²) in [5.41, 5.74) is 5.49. The van der Waals surface area contributed by atoms with Crippen LogP contribution in [0, 0.1) is 11.6 Å². The molecule has 0 radical (unpaired) electrons. The average Bonchev–Trinajstić information content (AvgIpc) is 3.39. The third kappa shape index (κ3) is 3.22. The van der Waals surface area contributed by atoms with Crippen molar-refractivity contribution in [3.63, 3.8) is 0 Å². The van der Waals surface area contributed by atoms with Crippen LogP contribution in [0.15, 0.2) is 64.1 Å². The zero-order chi connectivity index (χ0) is 24.1. The summed E-state index contributed by atoms with van der Waals surface area (Å²) in [4.78, 5) is 40.6. The van der Waals surface area contributed by atoms with E-state index in [4.69, 9.17) is 10.2 Å². The molecule has 0 saturated heterocycles. The summed E-state index contributed by atoms with van der Waals surface area (Å²) in [7, 11) is 0. The van der Waals surface area contributed by atoms with E-state index in [0.29, 0.717) is 5.56 Å². The third-order valence-electron chi connectivity index (χ3n) is 6.09. The van der Waals surface area contributed by atoms with Gasteiger partial charge in [0.2, 0.25) is 5.91 Å². The lowest BCUT2D eigenvalue weighted by molar-refractivity contribution is -0.138. The Bertz CT molecular complexity index is 1530. The number of carboxylic acid groups (broad SMARTS) is 1. The number of anilines is 1. The molecule has 2 unspecified atom stereocenters. The molecule has 2 aromatic carbocycles. The topological polar surface area (TPSA) is 130 Å². The van der Waals surface area contributed by atoms with E-state index in [-0.39, 0.29) is 39.9 Å². The molecule has 34 heavy (non-hydrogen) atoms. The maximum atomic E-state index is 14.9. The Morgan fingerprint density at radius 2 is 1.94 bits per heavy atom. The van der Waals surface area contributed by atoms with Crippen molar-refractivity contribution in [2.75, 3.05) is 4.90 Å². The summed E-state index contributed by atoms with van der Waals surface area (Å²) in [5, 5.41) is 10.3. The summed E-state index contributed by atoms with van der Waals surface area (Å²) in [6.07, 6.45) is 2.68. The fourth-order valence-electron chi connectivity index (χ4n) is 4.62. The van der Waals surface area contributed by atoms with E-state index in [1.807, 2.05) is 0 Å². The van der Waals surface area contributed by atoms with Crippen LogP contribution in [0.5, 0.6) is 0 Å². The number of hydrogen-bond donors (Lipinski definition) is 3. The first-order chi connectivity index (χ1) is 16.3. The molecule has 4 aromatic rings. The van der Waals surface area contributed by atoms with Crippen molar-refractivity contribution in [2.24, 2.45) is 5.73 Å².